The largest absolute Gasteiger partial charge is 0.296 e. The van der Waals surface area contributed by atoms with Crippen LogP contribution in [0.15, 0.2) is 6.58 Å². The summed E-state index contributed by atoms with van der Waals surface area (Å²) in [5.41, 5.74) is 2.11. The average Bonchev–Trinajstić information content (AvgIpc) is 2.30. The molecule has 0 aliphatic rings. The maximum absolute atomic E-state index is 10.3. The Labute approximate surface area is 58.8 Å². The molecule has 0 radical (unpaired) electrons. The molecule has 0 bridgehead atoms. The van der Waals surface area contributed by atoms with E-state index < -0.39 is 0 Å². The van der Waals surface area contributed by atoms with E-state index in [1.54, 1.807) is 6.08 Å². The first-order valence-corrected chi connectivity index (χ1v) is 2.92. The Morgan fingerprint density at radius 2 is 2.40 bits per heavy atom. The van der Waals surface area contributed by atoms with Gasteiger partial charge in [-0.3, -0.25) is 9.89 Å². The van der Waals surface area contributed by atoms with Crippen LogP contribution in [0.5, 0.6) is 0 Å². The third-order valence-electron chi connectivity index (χ3n) is 1.40. The van der Waals surface area contributed by atoms with Crippen LogP contribution in [-0.2, 0) is 0 Å². The highest BCUT2D eigenvalue weighted by Crippen LogP contribution is 2.07. The zero-order chi connectivity index (χ0) is 7.56. The van der Waals surface area contributed by atoms with E-state index in [2.05, 4.69) is 16.8 Å². The summed E-state index contributed by atoms with van der Waals surface area (Å²) in [5, 5.41) is 6.42. The molecule has 10 heavy (non-hydrogen) atoms. The van der Waals surface area contributed by atoms with Crippen molar-refractivity contribution in [1.29, 1.82) is 0 Å². The molecule has 0 amide bonds. The molecule has 1 heterocycles. The molecule has 0 aromatic carbocycles. The van der Waals surface area contributed by atoms with Crippen molar-refractivity contribution in [3.63, 3.8) is 0 Å². The normalized spacial score (nSPS) is 9.30. The summed E-state index contributed by atoms with van der Waals surface area (Å²) in [6.45, 7) is 5.36. The number of H-pyrrole nitrogens is 1. The summed E-state index contributed by atoms with van der Waals surface area (Å²) in [6, 6.07) is 0. The molecule has 0 aliphatic carbocycles. The highest BCUT2D eigenvalue weighted by atomic mass is 16.1. The number of hydrogen-bond donors (Lipinski definition) is 1. The van der Waals surface area contributed by atoms with Gasteiger partial charge in [0.05, 0.1) is 5.69 Å². The Hall–Kier alpha value is -1.38. The number of carbonyl (C=O) groups is 1. The highest BCUT2D eigenvalue weighted by molar-refractivity contribution is 5.75. The fourth-order valence-corrected chi connectivity index (χ4v) is 0.740. The second-order valence-electron chi connectivity index (χ2n) is 1.97. The van der Waals surface area contributed by atoms with Gasteiger partial charge in [0.2, 0.25) is 0 Å². The van der Waals surface area contributed by atoms with E-state index in [0.29, 0.717) is 5.69 Å². The van der Waals surface area contributed by atoms with Gasteiger partial charge in [-0.1, -0.05) is 6.58 Å². The van der Waals surface area contributed by atoms with Crippen molar-refractivity contribution in [3.8, 4) is 0 Å². The zero-order valence-electron chi connectivity index (χ0n) is 5.72. The van der Waals surface area contributed by atoms with Gasteiger partial charge in [-0.15, -0.1) is 0 Å². The second-order valence-corrected chi connectivity index (χ2v) is 1.97. The van der Waals surface area contributed by atoms with Crippen molar-refractivity contribution in [1.82, 2.24) is 10.2 Å². The van der Waals surface area contributed by atoms with Gasteiger partial charge in [0.1, 0.15) is 5.69 Å². The monoisotopic (exact) mass is 136 g/mol. The smallest absolute Gasteiger partial charge is 0.168 e. The van der Waals surface area contributed by atoms with Crippen LogP contribution in [-0.4, -0.2) is 16.5 Å². The molecule has 1 aromatic rings. The lowest BCUT2D eigenvalue weighted by Crippen LogP contribution is -1.81. The predicted octanol–water partition coefficient (Wildman–Crippen LogP) is 1.17. The molecular formula is C7H8N2O. The maximum atomic E-state index is 10.3. The number of aldehydes is 1. The molecule has 3 heteroatoms. The van der Waals surface area contributed by atoms with Crippen LogP contribution in [0.3, 0.4) is 0 Å². The quantitative estimate of drug-likeness (QED) is 0.620. The Kier molecular flexibility index (Phi) is 1.67. The van der Waals surface area contributed by atoms with Crippen LogP contribution >= 0.6 is 0 Å². The topological polar surface area (TPSA) is 45.8 Å². The van der Waals surface area contributed by atoms with Crippen molar-refractivity contribution < 1.29 is 4.79 Å². The lowest BCUT2D eigenvalue weighted by molar-refractivity contribution is 0.111. The van der Waals surface area contributed by atoms with E-state index in [0.717, 1.165) is 17.5 Å². The number of nitrogens with zero attached hydrogens (tertiary/aromatic N) is 1. The van der Waals surface area contributed by atoms with E-state index in [4.69, 9.17) is 0 Å². The molecule has 1 aromatic heterocycles. The number of nitrogens with one attached hydrogen (secondary N) is 1. The molecule has 0 spiro atoms. The number of carbonyl (C=O) groups excluding carboxylic acids is 1. The van der Waals surface area contributed by atoms with Crippen LogP contribution < -0.4 is 0 Å². The minimum Gasteiger partial charge on any atom is -0.296 e. The van der Waals surface area contributed by atoms with Crippen molar-refractivity contribution in [3.05, 3.63) is 23.5 Å². The van der Waals surface area contributed by atoms with Crippen LogP contribution in [0, 0.1) is 6.92 Å². The summed E-state index contributed by atoms with van der Waals surface area (Å²) in [4.78, 5) is 10.3. The molecule has 1 rings (SSSR count). The van der Waals surface area contributed by atoms with Gasteiger partial charge >= 0.3 is 0 Å². The Morgan fingerprint density at radius 1 is 1.70 bits per heavy atom. The van der Waals surface area contributed by atoms with E-state index in [9.17, 15) is 4.79 Å². The Bertz CT molecular complexity index is 237. The van der Waals surface area contributed by atoms with Crippen molar-refractivity contribution in [2.75, 3.05) is 0 Å². The number of rotatable bonds is 2. The fraction of sp³-hybridized carbons (Fsp3) is 0.143. The van der Waals surface area contributed by atoms with Gasteiger partial charge in [-0.05, 0) is 13.0 Å². The third-order valence-corrected chi connectivity index (χ3v) is 1.40. The van der Waals surface area contributed by atoms with E-state index >= 15 is 0 Å². The van der Waals surface area contributed by atoms with Crippen LogP contribution in [0.2, 0.25) is 0 Å². The zero-order valence-corrected chi connectivity index (χ0v) is 5.72. The van der Waals surface area contributed by atoms with Crippen molar-refractivity contribution >= 4 is 12.4 Å². The van der Waals surface area contributed by atoms with E-state index in [1.165, 1.54) is 0 Å². The fourth-order valence-electron chi connectivity index (χ4n) is 0.740. The third kappa shape index (κ3) is 0.857. The van der Waals surface area contributed by atoms with Crippen molar-refractivity contribution in [2.45, 2.75) is 6.92 Å². The van der Waals surface area contributed by atoms with Gasteiger partial charge in [-0.25, -0.2) is 0 Å². The van der Waals surface area contributed by atoms with Crippen LogP contribution in [0.25, 0.3) is 6.08 Å². The van der Waals surface area contributed by atoms with Crippen LogP contribution in [0.1, 0.15) is 21.7 Å². The number of aromatic nitrogens is 2. The Balaban J connectivity index is 3.20. The number of hydrogen-bond acceptors (Lipinski definition) is 2. The van der Waals surface area contributed by atoms with E-state index in [-0.39, 0.29) is 0 Å². The lowest BCUT2D eigenvalue weighted by Gasteiger charge is -1.84. The first-order chi connectivity index (χ1) is 4.79. The minimum absolute atomic E-state index is 0.523. The first kappa shape index (κ1) is 6.74. The first-order valence-electron chi connectivity index (χ1n) is 2.92. The molecule has 3 nitrogen and oxygen atoms in total. The van der Waals surface area contributed by atoms with Gasteiger partial charge in [-0.2, -0.15) is 5.10 Å². The van der Waals surface area contributed by atoms with Gasteiger partial charge < -0.3 is 0 Å². The molecule has 0 fully saturated rings. The summed E-state index contributed by atoms with van der Waals surface area (Å²) in [5.74, 6) is 0. The van der Waals surface area contributed by atoms with Gasteiger partial charge in [0.15, 0.2) is 6.29 Å². The lowest BCUT2D eigenvalue weighted by atomic mass is 10.2. The van der Waals surface area contributed by atoms with Crippen molar-refractivity contribution in [2.24, 2.45) is 0 Å². The average molecular weight is 136 g/mol. The minimum atomic E-state index is 0.523. The highest BCUT2D eigenvalue weighted by Gasteiger charge is 2.02. The molecule has 1 N–H and O–H groups in total. The van der Waals surface area contributed by atoms with E-state index in [1.807, 2.05) is 6.92 Å². The summed E-state index contributed by atoms with van der Waals surface area (Å²) in [7, 11) is 0. The Morgan fingerprint density at radius 3 is 2.70 bits per heavy atom. The molecular weight excluding hydrogens is 128 g/mol. The summed E-state index contributed by atoms with van der Waals surface area (Å²) in [6.07, 6.45) is 2.36. The maximum Gasteiger partial charge on any atom is 0.168 e. The number of aromatic amines is 1. The van der Waals surface area contributed by atoms with Crippen LogP contribution in [0.4, 0.5) is 0 Å². The molecule has 52 valence electrons. The summed E-state index contributed by atoms with van der Waals surface area (Å²) < 4.78 is 0. The molecule has 0 saturated carbocycles. The molecule has 0 unspecified atom stereocenters. The second kappa shape index (κ2) is 2.47. The molecule has 0 aliphatic heterocycles. The molecule has 0 atom stereocenters. The SMILES string of the molecule is C=Cc1n[nH]c(C=O)c1C. The predicted molar refractivity (Wildman–Crippen MR) is 38.8 cm³/mol. The summed E-state index contributed by atoms with van der Waals surface area (Å²) >= 11 is 0. The van der Waals surface area contributed by atoms with Gasteiger partial charge in [0, 0.05) is 5.56 Å². The van der Waals surface area contributed by atoms with Gasteiger partial charge in [0.25, 0.3) is 0 Å². The molecule has 0 saturated heterocycles. The standard InChI is InChI=1S/C7H8N2O/c1-3-6-5(2)7(4-10)9-8-6/h3-4H,1H2,2H3,(H,8,9).